The third kappa shape index (κ3) is 8.20. The van der Waals surface area contributed by atoms with Crippen LogP contribution in [0.25, 0.3) is 20.9 Å². The number of carbonyl (C=O) groups excluding carboxylic acids is 2. The molecule has 196 valence electrons. The molecular formula is C20H13N5O10S3. The van der Waals surface area contributed by atoms with Crippen LogP contribution in [-0.4, -0.2) is 34.8 Å². The van der Waals surface area contributed by atoms with Crippen molar-refractivity contribution in [3.05, 3.63) is 88.6 Å². The maximum Gasteiger partial charge on any atom is 0.347 e. The van der Waals surface area contributed by atoms with Crippen molar-refractivity contribution in [1.82, 2.24) is 0 Å². The molecule has 0 saturated carbocycles. The van der Waals surface area contributed by atoms with Crippen molar-refractivity contribution in [3.8, 4) is 21.9 Å². The molecule has 15 nitrogen and oxygen atoms in total. The summed E-state index contributed by atoms with van der Waals surface area (Å²) in [6.07, 6.45) is -2.54. The lowest BCUT2D eigenvalue weighted by Gasteiger charge is -2.14. The molecule has 0 fully saturated rings. The van der Waals surface area contributed by atoms with E-state index >= 15 is 0 Å². The number of hydrogen-bond donors (Lipinski definition) is 0. The minimum absolute atomic E-state index is 0.0240. The van der Waals surface area contributed by atoms with Crippen molar-refractivity contribution in [2.75, 3.05) is 6.61 Å². The molecule has 0 amide bonds. The summed E-state index contributed by atoms with van der Waals surface area (Å²) in [5.41, 5.74) is 9.28. The molecule has 38 heavy (non-hydrogen) atoms. The third-order valence-electron chi connectivity index (χ3n) is 4.38. The monoisotopic (exact) mass is 579 g/mol. The Morgan fingerprint density at radius 3 is 2.39 bits per heavy atom. The standard InChI is InChI=1S/C20H13N5O10S3/c21-23-22-12-3-6-15(16(7-12)34-18(26)8-14(35-25(30)31)10-32-24(28)29)20(27)33-13-4-1-11(2-5-13)17-9-19(36)38-37-17/h1-7,9,14H,8,10H2. The van der Waals surface area contributed by atoms with Gasteiger partial charge in [0.1, 0.15) is 33.6 Å². The van der Waals surface area contributed by atoms with Crippen LogP contribution in [0.15, 0.2) is 53.6 Å². The van der Waals surface area contributed by atoms with Crippen LogP contribution < -0.4 is 9.47 Å². The molecule has 0 aliphatic heterocycles. The average molecular weight is 580 g/mol. The van der Waals surface area contributed by atoms with Crippen LogP contribution in [-0.2, 0) is 14.5 Å². The zero-order valence-electron chi connectivity index (χ0n) is 18.7. The minimum atomic E-state index is -1.68. The molecule has 0 bridgehead atoms. The van der Waals surface area contributed by atoms with Crippen LogP contribution in [0, 0.1) is 24.1 Å². The first-order valence-corrected chi connectivity index (χ1v) is 12.6. The molecule has 0 saturated heterocycles. The van der Waals surface area contributed by atoms with Gasteiger partial charge in [0.2, 0.25) is 0 Å². The topological polar surface area (TPSA) is 206 Å². The Balaban J connectivity index is 1.78. The van der Waals surface area contributed by atoms with E-state index in [1.807, 2.05) is 6.07 Å². The summed E-state index contributed by atoms with van der Waals surface area (Å²) in [7, 11) is 2.96. The molecule has 1 aromatic heterocycles. The normalized spacial score (nSPS) is 10.9. The molecular weight excluding hydrogens is 566 g/mol. The van der Waals surface area contributed by atoms with Gasteiger partial charge in [0.05, 0.1) is 6.42 Å². The Kier molecular flexibility index (Phi) is 9.60. The molecule has 0 radical (unpaired) electrons. The highest BCUT2D eigenvalue weighted by Gasteiger charge is 2.24. The number of rotatable bonds is 12. The van der Waals surface area contributed by atoms with Crippen LogP contribution in [0.4, 0.5) is 5.69 Å². The van der Waals surface area contributed by atoms with E-state index < -0.39 is 47.0 Å². The second-order valence-corrected chi connectivity index (χ2v) is 9.84. The van der Waals surface area contributed by atoms with E-state index in [-0.39, 0.29) is 17.0 Å². The van der Waals surface area contributed by atoms with Crippen molar-refractivity contribution in [1.29, 1.82) is 0 Å². The van der Waals surface area contributed by atoms with Crippen molar-refractivity contribution in [2.45, 2.75) is 12.5 Å². The molecule has 2 aromatic carbocycles. The van der Waals surface area contributed by atoms with Gasteiger partial charge >= 0.3 is 11.9 Å². The lowest BCUT2D eigenvalue weighted by molar-refractivity contribution is -0.789. The van der Waals surface area contributed by atoms with E-state index in [9.17, 15) is 29.8 Å². The van der Waals surface area contributed by atoms with Gasteiger partial charge in [-0.3, -0.25) is 4.79 Å². The van der Waals surface area contributed by atoms with Gasteiger partial charge in [0.15, 0.2) is 0 Å². The van der Waals surface area contributed by atoms with E-state index in [0.717, 1.165) is 20.3 Å². The third-order valence-corrected chi connectivity index (χ3v) is 7.29. The number of ether oxygens (including phenoxy) is 2. The summed E-state index contributed by atoms with van der Waals surface area (Å²) in [5, 5.41) is 21.9. The predicted octanol–water partition coefficient (Wildman–Crippen LogP) is 5.45. The molecule has 0 N–H and O–H groups in total. The van der Waals surface area contributed by atoms with E-state index in [1.54, 1.807) is 24.3 Å². The summed E-state index contributed by atoms with van der Waals surface area (Å²) in [6, 6.07) is 11.9. The summed E-state index contributed by atoms with van der Waals surface area (Å²) in [6.45, 7) is -0.938. The number of carbonyl (C=O) groups is 2. The zero-order valence-corrected chi connectivity index (χ0v) is 21.1. The van der Waals surface area contributed by atoms with Crippen molar-refractivity contribution >= 4 is 50.5 Å². The summed E-state index contributed by atoms with van der Waals surface area (Å²) in [4.78, 5) is 58.1. The van der Waals surface area contributed by atoms with Crippen LogP contribution >= 0.6 is 32.9 Å². The Hall–Kier alpha value is -4.64. The molecule has 0 spiro atoms. The molecule has 0 aliphatic rings. The number of nitrogens with zero attached hydrogens (tertiary/aromatic N) is 5. The van der Waals surface area contributed by atoms with E-state index in [0.29, 0.717) is 0 Å². The summed E-state index contributed by atoms with van der Waals surface area (Å²) in [5.74, 6) is -2.33. The van der Waals surface area contributed by atoms with Gasteiger partial charge < -0.3 is 19.1 Å². The molecule has 1 atom stereocenters. The SMILES string of the molecule is [N-]=[N+]=Nc1ccc(C(=O)Oc2ccc(-c3cc(=S)ss3)cc2)c(OC(=O)CC(CO[N+](=O)[O-])O[N+](=O)[O-])c1. The lowest BCUT2D eigenvalue weighted by Crippen LogP contribution is -2.29. The van der Waals surface area contributed by atoms with Gasteiger partial charge in [-0.15, -0.1) is 20.2 Å². The molecule has 3 rings (SSSR count). The quantitative estimate of drug-likeness (QED) is 0.0303. The highest BCUT2D eigenvalue weighted by atomic mass is 32.9. The first kappa shape index (κ1) is 27.9. The smallest absolute Gasteiger partial charge is 0.347 e. The first-order chi connectivity index (χ1) is 18.1. The highest BCUT2D eigenvalue weighted by Crippen LogP contribution is 2.31. The minimum Gasteiger partial charge on any atom is -0.426 e. The fourth-order valence-electron chi connectivity index (χ4n) is 2.84. The van der Waals surface area contributed by atoms with Crippen LogP contribution in [0.3, 0.4) is 0 Å². The number of azide groups is 1. The van der Waals surface area contributed by atoms with Crippen LogP contribution in [0.2, 0.25) is 0 Å². The Labute approximate surface area is 224 Å². The molecule has 1 unspecified atom stereocenters. The molecule has 0 aliphatic carbocycles. The van der Waals surface area contributed by atoms with E-state index in [2.05, 4.69) is 19.7 Å². The largest absolute Gasteiger partial charge is 0.426 e. The Morgan fingerprint density at radius 1 is 1.05 bits per heavy atom. The molecule has 18 heteroatoms. The fraction of sp³-hybridized carbons (Fsp3) is 0.150. The van der Waals surface area contributed by atoms with E-state index in [4.69, 9.17) is 27.2 Å². The van der Waals surface area contributed by atoms with Crippen LogP contribution in [0.5, 0.6) is 11.5 Å². The second kappa shape index (κ2) is 13.1. The Morgan fingerprint density at radius 2 is 1.79 bits per heavy atom. The average Bonchev–Trinajstić information content (AvgIpc) is 3.29. The second-order valence-electron chi connectivity index (χ2n) is 6.93. The van der Waals surface area contributed by atoms with Gasteiger partial charge in [-0.1, -0.05) is 44.1 Å². The maximum absolute atomic E-state index is 12.9. The number of esters is 2. The van der Waals surface area contributed by atoms with Crippen molar-refractivity contribution < 1.29 is 38.9 Å². The molecule has 1 heterocycles. The Bertz CT molecular complexity index is 1470. The van der Waals surface area contributed by atoms with Crippen molar-refractivity contribution in [3.63, 3.8) is 0 Å². The zero-order chi connectivity index (χ0) is 27.7. The van der Waals surface area contributed by atoms with Gasteiger partial charge in [-0.2, -0.15) is 0 Å². The summed E-state index contributed by atoms with van der Waals surface area (Å²) >= 11 is 5.13. The maximum atomic E-state index is 12.9. The first-order valence-electron chi connectivity index (χ1n) is 10.1. The van der Waals surface area contributed by atoms with Gasteiger partial charge in [0, 0.05) is 15.5 Å². The number of hydrogen-bond acceptors (Lipinski definition) is 14. The fourth-order valence-corrected chi connectivity index (χ4v) is 5.24. The predicted molar refractivity (Wildman–Crippen MR) is 134 cm³/mol. The lowest BCUT2D eigenvalue weighted by atomic mass is 10.1. The van der Waals surface area contributed by atoms with Gasteiger partial charge in [-0.25, -0.2) is 4.79 Å². The highest BCUT2D eigenvalue weighted by molar-refractivity contribution is 7.80. The van der Waals surface area contributed by atoms with Gasteiger partial charge in [-0.05, 0) is 53.6 Å². The van der Waals surface area contributed by atoms with Gasteiger partial charge in [0.25, 0.3) is 10.2 Å². The van der Waals surface area contributed by atoms with Crippen LogP contribution in [0.1, 0.15) is 16.8 Å². The van der Waals surface area contributed by atoms with E-state index in [1.165, 1.54) is 32.8 Å². The summed E-state index contributed by atoms with van der Waals surface area (Å²) < 4.78 is 11.2. The molecule has 3 aromatic rings. The van der Waals surface area contributed by atoms with Crippen molar-refractivity contribution in [2.24, 2.45) is 5.11 Å². The number of benzene rings is 2.